The number of anilines is 1. The van der Waals surface area contributed by atoms with Crippen LogP contribution in [0.3, 0.4) is 0 Å². The number of halogens is 1. The van der Waals surface area contributed by atoms with Crippen LogP contribution in [0.25, 0.3) is 55.7 Å². The maximum Gasteiger partial charge on any atom is 0.227 e. The van der Waals surface area contributed by atoms with Gasteiger partial charge in [-0.05, 0) is 60.4 Å². The number of hydrogen-bond acceptors (Lipinski definition) is 6. The van der Waals surface area contributed by atoms with E-state index in [1.54, 1.807) is 30.9 Å². The second kappa shape index (κ2) is 10.1. The summed E-state index contributed by atoms with van der Waals surface area (Å²) in [7, 11) is 1.51. The van der Waals surface area contributed by atoms with E-state index in [1.165, 1.54) is 19.2 Å². The third-order valence-electron chi connectivity index (χ3n) is 7.69. The Morgan fingerprint density at radius 1 is 0.951 bits per heavy atom. The van der Waals surface area contributed by atoms with Crippen molar-refractivity contribution in [2.24, 2.45) is 5.92 Å². The first-order valence-corrected chi connectivity index (χ1v) is 13.5. The molecule has 0 atom stereocenters. The lowest BCUT2D eigenvalue weighted by Crippen LogP contribution is -2.20. The molecule has 1 saturated carbocycles. The molecule has 0 radical (unpaired) electrons. The van der Waals surface area contributed by atoms with Crippen molar-refractivity contribution >= 4 is 33.7 Å². The zero-order chi connectivity index (χ0) is 27.9. The number of pyridine rings is 3. The predicted molar refractivity (Wildman–Crippen MR) is 155 cm³/mol. The normalized spacial score (nSPS) is 13.7. The lowest BCUT2D eigenvalue weighted by atomic mass is 10.0. The van der Waals surface area contributed by atoms with E-state index in [9.17, 15) is 9.18 Å². The second-order valence-electron chi connectivity index (χ2n) is 10.3. The molecule has 6 aromatic rings. The minimum atomic E-state index is -0.381. The number of benzene rings is 1. The number of ether oxygens (including phenoxy) is 1. The third-order valence-corrected chi connectivity index (χ3v) is 7.69. The molecule has 1 amide bonds. The molecule has 1 aliphatic rings. The summed E-state index contributed by atoms with van der Waals surface area (Å²) < 4.78 is 19.6. The summed E-state index contributed by atoms with van der Waals surface area (Å²) in [6.45, 7) is 0. The minimum absolute atomic E-state index is 0.0515. The SMILES string of the molecule is COc1cc(F)cc(-c2ccnc3[nH]c(-c4n[nH]c5ncc(-c6cncc(NC(=O)C7CCCC7)c6)cc45)cc23)c1. The second-order valence-corrected chi connectivity index (χ2v) is 10.3. The van der Waals surface area contributed by atoms with Crippen molar-refractivity contribution in [3.8, 4) is 39.4 Å². The summed E-state index contributed by atoms with van der Waals surface area (Å²) in [5, 5.41) is 12.2. The average molecular weight is 548 g/mol. The van der Waals surface area contributed by atoms with Crippen LogP contribution in [0.4, 0.5) is 10.1 Å². The highest BCUT2D eigenvalue weighted by molar-refractivity contribution is 6.00. The standard InChI is InChI=1S/C31H26FN7O2/c1-41-23-10-18(8-21(32)12-23)24-6-7-34-29-25(24)13-27(37-29)28-26-11-20(15-35-30(26)39-38-28)19-9-22(16-33-14-19)36-31(40)17-4-2-3-5-17/h6-17H,2-5H2,1H3,(H,34,37)(H,36,40)(H,35,38,39). The Bertz CT molecular complexity index is 1920. The van der Waals surface area contributed by atoms with E-state index in [0.29, 0.717) is 34.0 Å². The van der Waals surface area contributed by atoms with E-state index in [1.807, 2.05) is 24.3 Å². The van der Waals surface area contributed by atoms with Crippen LogP contribution in [-0.4, -0.2) is 43.2 Å². The first kappa shape index (κ1) is 24.9. The molecule has 7 rings (SSSR count). The maximum atomic E-state index is 14.3. The monoisotopic (exact) mass is 547 g/mol. The van der Waals surface area contributed by atoms with Crippen molar-refractivity contribution in [2.75, 3.05) is 12.4 Å². The Hall–Kier alpha value is -5.12. The Morgan fingerprint density at radius 3 is 2.66 bits per heavy atom. The molecule has 10 heteroatoms. The van der Waals surface area contributed by atoms with Gasteiger partial charge in [-0.3, -0.25) is 14.9 Å². The molecule has 9 nitrogen and oxygen atoms in total. The topological polar surface area (TPSA) is 121 Å². The number of nitrogens with one attached hydrogen (secondary N) is 3. The minimum Gasteiger partial charge on any atom is -0.497 e. The Balaban J connectivity index is 1.25. The smallest absolute Gasteiger partial charge is 0.227 e. The van der Waals surface area contributed by atoms with Crippen LogP contribution in [0.15, 0.2) is 67.3 Å². The molecule has 0 spiro atoms. The Morgan fingerprint density at radius 2 is 1.80 bits per heavy atom. The molecule has 0 saturated heterocycles. The number of nitrogens with zero attached hydrogens (tertiary/aromatic N) is 4. The van der Waals surface area contributed by atoms with Crippen LogP contribution in [0, 0.1) is 11.7 Å². The van der Waals surface area contributed by atoms with Gasteiger partial charge in [0.05, 0.1) is 24.7 Å². The van der Waals surface area contributed by atoms with Gasteiger partial charge >= 0.3 is 0 Å². The fourth-order valence-electron chi connectivity index (χ4n) is 5.61. The first-order chi connectivity index (χ1) is 20.1. The van der Waals surface area contributed by atoms with E-state index < -0.39 is 0 Å². The Labute approximate surface area is 234 Å². The number of aromatic nitrogens is 6. The highest BCUT2D eigenvalue weighted by Crippen LogP contribution is 2.35. The summed E-state index contributed by atoms with van der Waals surface area (Å²) in [6, 6.07) is 12.3. The molecule has 5 aromatic heterocycles. The summed E-state index contributed by atoms with van der Waals surface area (Å²) >= 11 is 0. The largest absolute Gasteiger partial charge is 0.497 e. The van der Waals surface area contributed by atoms with Crippen molar-refractivity contribution in [2.45, 2.75) is 25.7 Å². The number of aromatic amines is 2. The highest BCUT2D eigenvalue weighted by atomic mass is 19.1. The summed E-state index contributed by atoms with van der Waals surface area (Å²) in [4.78, 5) is 29.4. The van der Waals surface area contributed by atoms with E-state index in [2.05, 4.69) is 35.5 Å². The van der Waals surface area contributed by atoms with Crippen LogP contribution in [0.1, 0.15) is 25.7 Å². The molecule has 0 aliphatic heterocycles. The third kappa shape index (κ3) is 4.67. The molecule has 41 heavy (non-hydrogen) atoms. The van der Waals surface area contributed by atoms with Crippen molar-refractivity contribution in [1.82, 2.24) is 30.1 Å². The average Bonchev–Trinajstić information content (AvgIpc) is 3.76. The van der Waals surface area contributed by atoms with Crippen molar-refractivity contribution in [3.05, 3.63) is 73.1 Å². The molecule has 1 aliphatic carbocycles. The molecule has 0 unspecified atom stereocenters. The van der Waals surface area contributed by atoms with Gasteiger partial charge in [0.15, 0.2) is 5.65 Å². The van der Waals surface area contributed by atoms with E-state index >= 15 is 0 Å². The van der Waals surface area contributed by atoms with Gasteiger partial charge in [0.25, 0.3) is 0 Å². The van der Waals surface area contributed by atoms with Gasteiger partial charge in [-0.15, -0.1) is 0 Å². The molecule has 5 heterocycles. The van der Waals surface area contributed by atoms with Gasteiger partial charge in [0.1, 0.15) is 22.9 Å². The molecule has 0 bridgehead atoms. The van der Waals surface area contributed by atoms with Gasteiger partial charge in [-0.25, -0.2) is 14.4 Å². The molecule has 204 valence electrons. The fourth-order valence-corrected chi connectivity index (χ4v) is 5.61. The molecular formula is C31H26FN7O2. The van der Waals surface area contributed by atoms with E-state index in [-0.39, 0.29) is 17.6 Å². The van der Waals surface area contributed by atoms with Crippen LogP contribution < -0.4 is 10.1 Å². The van der Waals surface area contributed by atoms with Crippen LogP contribution in [0.2, 0.25) is 0 Å². The number of H-pyrrole nitrogens is 2. The van der Waals surface area contributed by atoms with Crippen molar-refractivity contribution < 1.29 is 13.9 Å². The number of carbonyl (C=O) groups is 1. The zero-order valence-electron chi connectivity index (χ0n) is 22.2. The summed E-state index contributed by atoms with van der Waals surface area (Å²) in [5.41, 5.74) is 6.52. The van der Waals surface area contributed by atoms with E-state index in [4.69, 9.17) is 4.74 Å². The van der Waals surface area contributed by atoms with Gasteiger partial charge in [-0.2, -0.15) is 5.10 Å². The van der Waals surface area contributed by atoms with Gasteiger partial charge < -0.3 is 15.0 Å². The Kier molecular flexibility index (Phi) is 6.15. The quantitative estimate of drug-likeness (QED) is 0.219. The van der Waals surface area contributed by atoms with E-state index in [0.717, 1.165) is 58.8 Å². The number of methoxy groups -OCH3 is 1. The summed E-state index contributed by atoms with van der Waals surface area (Å²) in [6.07, 6.45) is 10.9. The predicted octanol–water partition coefficient (Wildman–Crippen LogP) is 6.51. The lowest BCUT2D eigenvalue weighted by molar-refractivity contribution is -0.119. The highest BCUT2D eigenvalue weighted by Gasteiger charge is 2.23. The maximum absolute atomic E-state index is 14.3. The van der Waals surface area contributed by atoms with Gasteiger partial charge in [0, 0.05) is 52.5 Å². The fraction of sp³-hybridized carbons (Fsp3) is 0.194. The number of carbonyl (C=O) groups excluding carboxylic acids is 1. The van der Waals surface area contributed by atoms with Crippen LogP contribution in [-0.2, 0) is 4.79 Å². The molecule has 1 fully saturated rings. The van der Waals surface area contributed by atoms with Crippen LogP contribution in [0.5, 0.6) is 5.75 Å². The molecular weight excluding hydrogens is 521 g/mol. The first-order valence-electron chi connectivity index (χ1n) is 13.5. The number of fused-ring (bicyclic) bond motifs is 2. The van der Waals surface area contributed by atoms with Crippen LogP contribution >= 0.6 is 0 Å². The van der Waals surface area contributed by atoms with Crippen molar-refractivity contribution in [3.63, 3.8) is 0 Å². The lowest BCUT2D eigenvalue weighted by Gasteiger charge is -2.11. The van der Waals surface area contributed by atoms with Crippen molar-refractivity contribution in [1.29, 1.82) is 0 Å². The van der Waals surface area contributed by atoms with Gasteiger partial charge in [0.2, 0.25) is 5.91 Å². The summed E-state index contributed by atoms with van der Waals surface area (Å²) in [5.74, 6) is 0.179. The number of amides is 1. The van der Waals surface area contributed by atoms with Gasteiger partial charge in [-0.1, -0.05) is 12.8 Å². The number of rotatable bonds is 6. The number of hydrogen-bond donors (Lipinski definition) is 3. The molecule has 3 N–H and O–H groups in total. The zero-order valence-corrected chi connectivity index (χ0v) is 22.2. The molecule has 1 aromatic carbocycles.